The number of nitrogen functional groups attached to an aromatic ring is 1. The average Bonchev–Trinajstić information content (AvgIpc) is 2.39. The van der Waals surface area contributed by atoms with E-state index in [2.05, 4.69) is 10.2 Å². The second-order valence-electron chi connectivity index (χ2n) is 4.21. The molecule has 3 N–H and O–H groups in total. The number of nitrogens with two attached hydrogens (primary N) is 1. The van der Waals surface area contributed by atoms with E-state index >= 15 is 0 Å². The zero-order chi connectivity index (χ0) is 14.8. The van der Waals surface area contributed by atoms with Crippen molar-refractivity contribution in [3.05, 3.63) is 48.0 Å². The molecule has 2 rings (SSSR count). The predicted molar refractivity (Wildman–Crippen MR) is 76.0 cm³/mol. The van der Waals surface area contributed by atoms with Crippen molar-refractivity contribution < 1.29 is 13.0 Å². The Morgan fingerprint density at radius 2 is 1.70 bits per heavy atom. The normalized spacial score (nSPS) is 11.9. The highest BCUT2D eigenvalue weighted by atomic mass is 32.2. The maximum absolute atomic E-state index is 11.0. The van der Waals surface area contributed by atoms with Crippen LogP contribution in [0, 0.1) is 6.92 Å². The lowest BCUT2D eigenvalue weighted by atomic mass is 10.2. The van der Waals surface area contributed by atoms with Crippen molar-refractivity contribution >= 4 is 27.2 Å². The van der Waals surface area contributed by atoms with E-state index in [9.17, 15) is 8.42 Å². The van der Waals surface area contributed by atoms with Crippen LogP contribution in [0.15, 0.2) is 57.6 Å². The standard InChI is InChI=1S/C13H13N3O3S/c1-9-7-11(5-6-13(9)14)16-15-10-3-2-4-12(8-10)20(17,18)19/h2-8H,14H2,1H3,(H,17,18,19). The van der Waals surface area contributed by atoms with Gasteiger partial charge in [0.1, 0.15) is 0 Å². The van der Waals surface area contributed by atoms with Crippen molar-refractivity contribution in [3.8, 4) is 0 Å². The molecule has 0 saturated heterocycles. The van der Waals surface area contributed by atoms with Gasteiger partial charge in [0.05, 0.1) is 16.3 Å². The van der Waals surface area contributed by atoms with E-state index in [1.54, 1.807) is 24.3 Å². The van der Waals surface area contributed by atoms with Crippen molar-refractivity contribution in [1.29, 1.82) is 0 Å². The summed E-state index contributed by atoms with van der Waals surface area (Å²) in [7, 11) is -4.24. The highest BCUT2D eigenvalue weighted by molar-refractivity contribution is 7.85. The summed E-state index contributed by atoms with van der Waals surface area (Å²) in [6.45, 7) is 1.85. The summed E-state index contributed by atoms with van der Waals surface area (Å²) in [6.07, 6.45) is 0. The van der Waals surface area contributed by atoms with Gasteiger partial charge in [0.15, 0.2) is 0 Å². The van der Waals surface area contributed by atoms with Crippen LogP contribution in [-0.4, -0.2) is 13.0 Å². The first-order valence-corrected chi connectivity index (χ1v) is 7.16. The average molecular weight is 291 g/mol. The van der Waals surface area contributed by atoms with Gasteiger partial charge in [-0.15, -0.1) is 0 Å². The number of benzene rings is 2. The summed E-state index contributed by atoms with van der Waals surface area (Å²) in [4.78, 5) is -0.220. The zero-order valence-corrected chi connectivity index (χ0v) is 11.5. The molecule has 0 fully saturated rings. The van der Waals surface area contributed by atoms with E-state index in [1.807, 2.05) is 6.92 Å². The van der Waals surface area contributed by atoms with Crippen molar-refractivity contribution in [2.24, 2.45) is 10.2 Å². The van der Waals surface area contributed by atoms with Crippen molar-refractivity contribution in [2.45, 2.75) is 11.8 Å². The monoisotopic (exact) mass is 291 g/mol. The van der Waals surface area contributed by atoms with Crippen LogP contribution in [0.25, 0.3) is 0 Å². The number of hydrogen-bond donors (Lipinski definition) is 2. The SMILES string of the molecule is Cc1cc(N=Nc2cccc(S(=O)(=O)O)c2)ccc1N. The zero-order valence-electron chi connectivity index (χ0n) is 10.7. The molecule has 104 valence electrons. The first-order chi connectivity index (χ1) is 9.36. The molecule has 0 heterocycles. The lowest BCUT2D eigenvalue weighted by molar-refractivity contribution is 0.483. The summed E-state index contributed by atoms with van der Waals surface area (Å²) >= 11 is 0. The molecule has 0 aliphatic carbocycles. The number of azo groups is 1. The van der Waals surface area contributed by atoms with Crippen LogP contribution in [0.3, 0.4) is 0 Å². The Bertz CT molecular complexity index is 770. The summed E-state index contributed by atoms with van der Waals surface area (Å²) in [5.74, 6) is 0. The van der Waals surface area contributed by atoms with Gasteiger partial charge in [0, 0.05) is 5.69 Å². The lowest BCUT2D eigenvalue weighted by Crippen LogP contribution is -1.96. The van der Waals surface area contributed by atoms with Gasteiger partial charge in [-0.25, -0.2) is 0 Å². The first-order valence-electron chi connectivity index (χ1n) is 5.72. The smallest absolute Gasteiger partial charge is 0.294 e. The summed E-state index contributed by atoms with van der Waals surface area (Å²) in [5, 5.41) is 7.92. The molecule has 0 unspecified atom stereocenters. The molecule has 2 aromatic carbocycles. The Kier molecular flexibility index (Phi) is 3.82. The predicted octanol–water partition coefficient (Wildman–Crippen LogP) is 3.24. The number of aryl methyl sites for hydroxylation is 1. The summed E-state index contributed by atoms with van der Waals surface area (Å²) in [6, 6.07) is 10.8. The molecule has 6 nitrogen and oxygen atoms in total. The van der Waals surface area contributed by atoms with E-state index in [0.29, 0.717) is 17.1 Å². The quantitative estimate of drug-likeness (QED) is 0.514. The fourth-order valence-corrected chi connectivity index (χ4v) is 2.06. The largest absolute Gasteiger partial charge is 0.399 e. The fraction of sp³-hybridized carbons (Fsp3) is 0.0769. The van der Waals surface area contributed by atoms with Crippen molar-refractivity contribution in [2.75, 3.05) is 5.73 Å². The van der Waals surface area contributed by atoms with Crippen LogP contribution < -0.4 is 5.73 Å². The van der Waals surface area contributed by atoms with Gasteiger partial charge in [0.2, 0.25) is 0 Å². The second-order valence-corrected chi connectivity index (χ2v) is 5.63. The lowest BCUT2D eigenvalue weighted by Gasteiger charge is -2.00. The van der Waals surface area contributed by atoms with E-state index in [1.165, 1.54) is 18.2 Å². The minimum absolute atomic E-state index is 0.220. The van der Waals surface area contributed by atoms with Crippen molar-refractivity contribution in [3.63, 3.8) is 0 Å². The second kappa shape index (κ2) is 5.40. The van der Waals surface area contributed by atoms with Crippen molar-refractivity contribution in [1.82, 2.24) is 0 Å². The van der Waals surface area contributed by atoms with Crippen LogP contribution in [0.5, 0.6) is 0 Å². The minimum Gasteiger partial charge on any atom is -0.399 e. The third-order valence-corrected chi connectivity index (χ3v) is 3.50. The molecule has 7 heteroatoms. The third-order valence-electron chi connectivity index (χ3n) is 2.65. The van der Waals surface area contributed by atoms with Crippen LogP contribution in [0.2, 0.25) is 0 Å². The summed E-state index contributed by atoms with van der Waals surface area (Å²) in [5.41, 5.74) is 8.18. The number of rotatable bonds is 3. The van der Waals surface area contributed by atoms with E-state index < -0.39 is 10.1 Å². The molecule has 0 bridgehead atoms. The molecule has 0 spiro atoms. The highest BCUT2D eigenvalue weighted by Gasteiger charge is 2.09. The van der Waals surface area contributed by atoms with Gasteiger partial charge in [-0.05, 0) is 48.9 Å². The van der Waals surface area contributed by atoms with E-state index in [4.69, 9.17) is 10.3 Å². The van der Waals surface area contributed by atoms with Gasteiger partial charge >= 0.3 is 0 Å². The van der Waals surface area contributed by atoms with Crippen LogP contribution >= 0.6 is 0 Å². The van der Waals surface area contributed by atoms with Gasteiger partial charge in [0.25, 0.3) is 10.1 Å². The number of anilines is 1. The van der Waals surface area contributed by atoms with E-state index in [-0.39, 0.29) is 4.90 Å². The first kappa shape index (κ1) is 14.2. The number of hydrogen-bond acceptors (Lipinski definition) is 5. The van der Waals surface area contributed by atoms with E-state index in [0.717, 1.165) is 5.56 Å². The van der Waals surface area contributed by atoms with Crippen LogP contribution in [0.4, 0.5) is 17.1 Å². The van der Waals surface area contributed by atoms with Gasteiger partial charge in [-0.2, -0.15) is 18.6 Å². The summed E-state index contributed by atoms with van der Waals surface area (Å²) < 4.78 is 31.0. The molecule has 0 amide bonds. The Balaban J connectivity index is 2.30. The van der Waals surface area contributed by atoms with Crippen LogP contribution in [0.1, 0.15) is 5.56 Å². The fourth-order valence-electron chi connectivity index (χ4n) is 1.54. The topological polar surface area (TPSA) is 105 Å². The Labute approximate surface area is 116 Å². The molecule has 0 saturated carbocycles. The molecule has 0 atom stereocenters. The van der Waals surface area contributed by atoms with Gasteiger partial charge in [-0.1, -0.05) is 6.07 Å². The Morgan fingerprint density at radius 1 is 1.05 bits per heavy atom. The Hall–Kier alpha value is -2.25. The maximum Gasteiger partial charge on any atom is 0.294 e. The molecular weight excluding hydrogens is 278 g/mol. The maximum atomic E-state index is 11.0. The minimum atomic E-state index is -4.24. The number of nitrogens with zero attached hydrogens (tertiary/aromatic N) is 2. The third kappa shape index (κ3) is 3.40. The highest BCUT2D eigenvalue weighted by Crippen LogP contribution is 2.23. The molecule has 0 aromatic heterocycles. The van der Waals surface area contributed by atoms with Gasteiger partial charge in [-0.3, -0.25) is 4.55 Å². The molecule has 0 radical (unpaired) electrons. The molecule has 0 aliphatic rings. The van der Waals surface area contributed by atoms with Gasteiger partial charge < -0.3 is 5.73 Å². The molecule has 0 aliphatic heterocycles. The Morgan fingerprint density at radius 3 is 2.30 bits per heavy atom. The molecule has 2 aromatic rings. The molecule has 20 heavy (non-hydrogen) atoms. The van der Waals surface area contributed by atoms with Crippen LogP contribution in [-0.2, 0) is 10.1 Å². The molecular formula is C13H13N3O3S.